The number of aliphatic hydroxyl groups is 1. The van der Waals surface area contributed by atoms with Gasteiger partial charge in [0.2, 0.25) is 0 Å². The standard InChI is InChI=1S/C13H25N3O/c1-5-11(2)16-9-6-12(15-16)10-13(3,17)7-8-14-4/h6,9,11,14,17H,5,7-8,10H2,1-4H3. The van der Waals surface area contributed by atoms with E-state index in [4.69, 9.17) is 0 Å². The molecule has 98 valence electrons. The minimum Gasteiger partial charge on any atom is -0.390 e. The second kappa shape index (κ2) is 6.17. The SMILES string of the molecule is CCC(C)n1ccc(CC(C)(O)CCNC)n1. The van der Waals surface area contributed by atoms with Crippen molar-refractivity contribution in [3.8, 4) is 0 Å². The second-order valence-electron chi connectivity index (χ2n) is 5.07. The van der Waals surface area contributed by atoms with Gasteiger partial charge in [-0.2, -0.15) is 5.10 Å². The molecule has 0 aliphatic rings. The van der Waals surface area contributed by atoms with Crippen molar-refractivity contribution >= 4 is 0 Å². The van der Waals surface area contributed by atoms with Crippen LogP contribution in [0, 0.1) is 0 Å². The molecule has 4 nitrogen and oxygen atoms in total. The minimum absolute atomic E-state index is 0.422. The lowest BCUT2D eigenvalue weighted by Gasteiger charge is -2.22. The highest BCUT2D eigenvalue weighted by Gasteiger charge is 2.21. The lowest BCUT2D eigenvalue weighted by Crippen LogP contribution is -2.31. The molecule has 1 aromatic heterocycles. The monoisotopic (exact) mass is 239 g/mol. The third kappa shape index (κ3) is 4.48. The van der Waals surface area contributed by atoms with Crippen molar-refractivity contribution in [1.29, 1.82) is 0 Å². The van der Waals surface area contributed by atoms with E-state index in [-0.39, 0.29) is 0 Å². The summed E-state index contributed by atoms with van der Waals surface area (Å²) in [5.41, 5.74) is 0.281. The number of nitrogens with zero attached hydrogens (tertiary/aromatic N) is 2. The summed E-state index contributed by atoms with van der Waals surface area (Å²) in [6, 6.07) is 2.42. The Kier molecular flexibility index (Phi) is 5.15. The molecule has 1 rings (SSSR count). The van der Waals surface area contributed by atoms with Crippen LogP contribution in [0.25, 0.3) is 0 Å². The molecule has 0 spiro atoms. The number of aromatic nitrogens is 2. The summed E-state index contributed by atoms with van der Waals surface area (Å²) in [5, 5.41) is 17.8. The third-order valence-corrected chi connectivity index (χ3v) is 3.18. The highest BCUT2D eigenvalue weighted by molar-refractivity contribution is 5.03. The molecule has 17 heavy (non-hydrogen) atoms. The van der Waals surface area contributed by atoms with Gasteiger partial charge in [0.15, 0.2) is 0 Å². The van der Waals surface area contributed by atoms with Crippen LogP contribution in [-0.2, 0) is 6.42 Å². The topological polar surface area (TPSA) is 50.1 Å². The smallest absolute Gasteiger partial charge is 0.0687 e. The Labute approximate surface area is 104 Å². The first-order chi connectivity index (χ1) is 7.98. The fraction of sp³-hybridized carbons (Fsp3) is 0.769. The van der Waals surface area contributed by atoms with Crippen LogP contribution in [0.2, 0.25) is 0 Å². The van der Waals surface area contributed by atoms with Gasteiger partial charge in [-0.25, -0.2) is 0 Å². The minimum atomic E-state index is -0.683. The van der Waals surface area contributed by atoms with Crippen LogP contribution < -0.4 is 5.32 Å². The van der Waals surface area contributed by atoms with E-state index in [0.717, 1.165) is 25.1 Å². The molecular weight excluding hydrogens is 214 g/mol. The molecule has 1 heterocycles. The molecule has 0 radical (unpaired) electrons. The molecule has 0 bridgehead atoms. The van der Waals surface area contributed by atoms with Gasteiger partial charge in [0.25, 0.3) is 0 Å². The average Bonchev–Trinajstić information content (AvgIpc) is 2.73. The maximum absolute atomic E-state index is 10.2. The van der Waals surface area contributed by atoms with Gasteiger partial charge in [-0.3, -0.25) is 4.68 Å². The molecule has 0 saturated carbocycles. The lowest BCUT2D eigenvalue weighted by molar-refractivity contribution is 0.0509. The number of nitrogens with one attached hydrogen (secondary N) is 1. The Bertz CT molecular complexity index is 333. The van der Waals surface area contributed by atoms with Gasteiger partial charge in [0, 0.05) is 18.7 Å². The van der Waals surface area contributed by atoms with Crippen LogP contribution in [-0.4, -0.2) is 34.1 Å². The average molecular weight is 239 g/mol. The quantitative estimate of drug-likeness (QED) is 0.762. The Morgan fingerprint density at radius 1 is 1.59 bits per heavy atom. The predicted molar refractivity (Wildman–Crippen MR) is 70.1 cm³/mol. The van der Waals surface area contributed by atoms with Gasteiger partial charge < -0.3 is 10.4 Å². The van der Waals surface area contributed by atoms with E-state index < -0.39 is 5.60 Å². The molecule has 4 heteroatoms. The summed E-state index contributed by atoms with van der Waals surface area (Å²) in [5.74, 6) is 0. The Hall–Kier alpha value is -0.870. The van der Waals surface area contributed by atoms with E-state index in [1.807, 2.05) is 30.9 Å². The van der Waals surface area contributed by atoms with Crippen molar-refractivity contribution in [2.45, 2.75) is 51.7 Å². The van der Waals surface area contributed by atoms with E-state index >= 15 is 0 Å². The van der Waals surface area contributed by atoms with Crippen LogP contribution in [0.15, 0.2) is 12.3 Å². The molecule has 1 aromatic rings. The summed E-state index contributed by atoms with van der Waals surface area (Å²) in [6.07, 6.45) is 4.41. The molecule has 0 aliphatic carbocycles. The highest BCUT2D eigenvalue weighted by atomic mass is 16.3. The van der Waals surface area contributed by atoms with Crippen molar-refractivity contribution < 1.29 is 5.11 Å². The zero-order chi connectivity index (χ0) is 12.9. The Morgan fingerprint density at radius 3 is 2.88 bits per heavy atom. The van der Waals surface area contributed by atoms with Gasteiger partial charge in [0.05, 0.1) is 11.3 Å². The molecule has 0 fully saturated rings. The summed E-state index contributed by atoms with van der Waals surface area (Å²) in [4.78, 5) is 0. The second-order valence-corrected chi connectivity index (χ2v) is 5.07. The van der Waals surface area contributed by atoms with E-state index in [1.54, 1.807) is 0 Å². The summed E-state index contributed by atoms with van der Waals surface area (Å²) in [7, 11) is 1.90. The summed E-state index contributed by atoms with van der Waals surface area (Å²) in [6.45, 7) is 6.98. The fourth-order valence-corrected chi connectivity index (χ4v) is 1.78. The van der Waals surface area contributed by atoms with E-state index in [9.17, 15) is 5.11 Å². The molecule has 0 saturated heterocycles. The van der Waals surface area contributed by atoms with Crippen LogP contribution in [0.5, 0.6) is 0 Å². The highest BCUT2D eigenvalue weighted by Crippen LogP contribution is 2.17. The van der Waals surface area contributed by atoms with Crippen molar-refractivity contribution in [1.82, 2.24) is 15.1 Å². The van der Waals surface area contributed by atoms with E-state index in [0.29, 0.717) is 12.5 Å². The molecule has 0 amide bonds. The van der Waals surface area contributed by atoms with Crippen LogP contribution >= 0.6 is 0 Å². The third-order valence-electron chi connectivity index (χ3n) is 3.18. The molecule has 2 N–H and O–H groups in total. The molecular formula is C13H25N3O. The molecule has 2 unspecified atom stereocenters. The van der Waals surface area contributed by atoms with Gasteiger partial charge in [-0.05, 0) is 46.3 Å². The molecule has 0 aliphatic heterocycles. The fourth-order valence-electron chi connectivity index (χ4n) is 1.78. The zero-order valence-corrected chi connectivity index (χ0v) is 11.4. The van der Waals surface area contributed by atoms with Gasteiger partial charge in [0.1, 0.15) is 0 Å². The molecule has 0 aromatic carbocycles. The van der Waals surface area contributed by atoms with Crippen molar-refractivity contribution in [3.05, 3.63) is 18.0 Å². The lowest BCUT2D eigenvalue weighted by atomic mass is 9.96. The molecule has 2 atom stereocenters. The Morgan fingerprint density at radius 2 is 2.29 bits per heavy atom. The normalized spacial score (nSPS) is 16.8. The Balaban J connectivity index is 2.59. The van der Waals surface area contributed by atoms with E-state index in [1.165, 1.54) is 0 Å². The van der Waals surface area contributed by atoms with Crippen molar-refractivity contribution in [2.75, 3.05) is 13.6 Å². The van der Waals surface area contributed by atoms with Crippen molar-refractivity contribution in [2.24, 2.45) is 0 Å². The predicted octanol–water partition coefficient (Wildman–Crippen LogP) is 1.76. The van der Waals surface area contributed by atoms with Crippen molar-refractivity contribution in [3.63, 3.8) is 0 Å². The maximum Gasteiger partial charge on any atom is 0.0687 e. The van der Waals surface area contributed by atoms with Gasteiger partial charge in [-0.15, -0.1) is 0 Å². The van der Waals surface area contributed by atoms with Gasteiger partial charge >= 0.3 is 0 Å². The summed E-state index contributed by atoms with van der Waals surface area (Å²) >= 11 is 0. The first-order valence-corrected chi connectivity index (χ1v) is 6.39. The zero-order valence-electron chi connectivity index (χ0n) is 11.4. The number of hydrogen-bond acceptors (Lipinski definition) is 3. The van der Waals surface area contributed by atoms with Crippen LogP contribution in [0.3, 0.4) is 0 Å². The number of hydrogen-bond donors (Lipinski definition) is 2. The first-order valence-electron chi connectivity index (χ1n) is 6.39. The first kappa shape index (κ1) is 14.2. The van der Waals surface area contributed by atoms with Crippen LogP contribution in [0.1, 0.15) is 45.3 Å². The largest absolute Gasteiger partial charge is 0.390 e. The maximum atomic E-state index is 10.2. The summed E-state index contributed by atoms with van der Waals surface area (Å²) < 4.78 is 1.98. The van der Waals surface area contributed by atoms with E-state index in [2.05, 4.69) is 24.3 Å². The van der Waals surface area contributed by atoms with Crippen LogP contribution in [0.4, 0.5) is 0 Å². The van der Waals surface area contributed by atoms with Gasteiger partial charge in [-0.1, -0.05) is 6.92 Å². The number of rotatable bonds is 7.